The quantitative estimate of drug-likeness (QED) is 0.518. The minimum absolute atomic E-state index is 0.00196. The van der Waals surface area contributed by atoms with Crippen LogP contribution in [0.15, 0.2) is 48.5 Å². The van der Waals surface area contributed by atoms with Crippen molar-refractivity contribution >= 4 is 22.7 Å². The van der Waals surface area contributed by atoms with Gasteiger partial charge in [0.2, 0.25) is 0 Å². The average molecular weight is 391 g/mol. The molecule has 3 aromatic rings. The van der Waals surface area contributed by atoms with E-state index in [1.165, 1.54) is 11.1 Å². The fourth-order valence-electron chi connectivity index (χ4n) is 4.21. The van der Waals surface area contributed by atoms with E-state index in [-0.39, 0.29) is 12.5 Å². The zero-order valence-electron chi connectivity index (χ0n) is 16.5. The second kappa shape index (κ2) is 8.09. The van der Waals surface area contributed by atoms with Crippen LogP contribution in [-0.2, 0) is 30.7 Å². The van der Waals surface area contributed by atoms with E-state index < -0.39 is 5.91 Å². The van der Waals surface area contributed by atoms with Crippen molar-refractivity contribution in [3.8, 4) is 0 Å². The summed E-state index contributed by atoms with van der Waals surface area (Å²) in [6, 6.07) is 15.8. The molecule has 2 N–H and O–H groups in total. The second-order valence-electron chi connectivity index (χ2n) is 7.49. The van der Waals surface area contributed by atoms with Crippen molar-refractivity contribution in [3.05, 3.63) is 70.9 Å². The maximum atomic E-state index is 13.1. The molecule has 0 radical (unpaired) electrons. The van der Waals surface area contributed by atoms with E-state index in [0.29, 0.717) is 18.7 Å². The standard InChI is InChI=1S/C23H25N3O3/c1-2-5-16-8-10-17(11-9-16)23(28)25-13-12-19-18-6-3-4-7-20(18)26(21(19)14-25)15-22(27)24-29/h3-4,6-11,29H,2,5,12-15H2,1H3,(H,24,27). The molecule has 4 rings (SSSR count). The summed E-state index contributed by atoms with van der Waals surface area (Å²) in [7, 11) is 0. The fraction of sp³-hybridized carbons (Fsp3) is 0.304. The molecule has 6 nitrogen and oxygen atoms in total. The number of nitrogens with one attached hydrogen (secondary N) is 1. The molecule has 0 saturated carbocycles. The minimum Gasteiger partial charge on any atom is -0.333 e. The van der Waals surface area contributed by atoms with Gasteiger partial charge in [-0.1, -0.05) is 43.7 Å². The van der Waals surface area contributed by atoms with E-state index in [1.807, 2.05) is 58.0 Å². The number of amides is 2. The monoisotopic (exact) mass is 391 g/mol. The van der Waals surface area contributed by atoms with E-state index in [1.54, 1.807) is 5.48 Å². The first-order valence-electron chi connectivity index (χ1n) is 10.0. The average Bonchev–Trinajstić information content (AvgIpc) is 3.07. The number of nitrogens with zero attached hydrogens (tertiary/aromatic N) is 2. The van der Waals surface area contributed by atoms with Gasteiger partial charge in [-0.3, -0.25) is 14.8 Å². The number of rotatable bonds is 5. The summed E-state index contributed by atoms with van der Waals surface area (Å²) in [5.41, 5.74) is 6.70. The smallest absolute Gasteiger partial charge is 0.263 e. The number of fused-ring (bicyclic) bond motifs is 3. The van der Waals surface area contributed by atoms with Crippen LogP contribution in [0.3, 0.4) is 0 Å². The number of aryl methyl sites for hydroxylation is 1. The lowest BCUT2D eigenvalue weighted by Gasteiger charge is -2.28. The van der Waals surface area contributed by atoms with Gasteiger partial charge in [0.15, 0.2) is 0 Å². The van der Waals surface area contributed by atoms with Gasteiger partial charge < -0.3 is 9.47 Å². The van der Waals surface area contributed by atoms with Crippen molar-refractivity contribution in [2.75, 3.05) is 6.54 Å². The summed E-state index contributed by atoms with van der Waals surface area (Å²) < 4.78 is 1.90. The molecule has 1 aromatic heterocycles. The van der Waals surface area contributed by atoms with Gasteiger partial charge in [0.05, 0.1) is 6.54 Å². The Bertz CT molecular complexity index is 1050. The molecule has 1 aliphatic rings. The Morgan fingerprint density at radius 1 is 1.10 bits per heavy atom. The molecule has 29 heavy (non-hydrogen) atoms. The Balaban J connectivity index is 1.65. The number of carbonyl (C=O) groups is 2. The number of carbonyl (C=O) groups excluding carboxylic acids is 2. The molecule has 150 valence electrons. The lowest BCUT2D eigenvalue weighted by Crippen LogP contribution is -2.37. The Morgan fingerprint density at radius 2 is 1.86 bits per heavy atom. The highest BCUT2D eigenvalue weighted by Crippen LogP contribution is 2.31. The zero-order valence-corrected chi connectivity index (χ0v) is 16.5. The van der Waals surface area contributed by atoms with Gasteiger partial charge in [-0.15, -0.1) is 0 Å². The van der Waals surface area contributed by atoms with Crippen LogP contribution in [0.5, 0.6) is 0 Å². The van der Waals surface area contributed by atoms with Gasteiger partial charge in [0.1, 0.15) is 6.54 Å². The first kappa shape index (κ1) is 19.2. The van der Waals surface area contributed by atoms with Crippen LogP contribution < -0.4 is 5.48 Å². The number of para-hydroxylation sites is 1. The molecule has 0 aliphatic carbocycles. The van der Waals surface area contributed by atoms with Crippen molar-refractivity contribution < 1.29 is 14.8 Å². The van der Waals surface area contributed by atoms with Crippen LogP contribution in [0.1, 0.15) is 40.5 Å². The van der Waals surface area contributed by atoms with Crippen LogP contribution in [0.2, 0.25) is 0 Å². The summed E-state index contributed by atoms with van der Waals surface area (Å²) in [5, 5.41) is 10.1. The molecule has 2 amide bonds. The van der Waals surface area contributed by atoms with Crippen LogP contribution in [0.4, 0.5) is 0 Å². The summed E-state index contributed by atoms with van der Waals surface area (Å²) in [4.78, 5) is 26.8. The summed E-state index contributed by atoms with van der Waals surface area (Å²) in [6.07, 6.45) is 2.83. The molecule has 0 saturated heterocycles. The first-order valence-corrected chi connectivity index (χ1v) is 10.0. The van der Waals surface area contributed by atoms with Crippen molar-refractivity contribution in [2.45, 2.75) is 39.3 Å². The Morgan fingerprint density at radius 3 is 2.59 bits per heavy atom. The van der Waals surface area contributed by atoms with E-state index in [0.717, 1.165) is 35.9 Å². The normalized spacial score (nSPS) is 13.4. The van der Waals surface area contributed by atoms with Crippen LogP contribution in [0, 0.1) is 0 Å². The fourth-order valence-corrected chi connectivity index (χ4v) is 4.21. The molecule has 2 heterocycles. The number of hydroxylamine groups is 1. The third kappa shape index (κ3) is 3.63. The van der Waals surface area contributed by atoms with Crippen LogP contribution in [-0.4, -0.2) is 33.0 Å². The Kier molecular flexibility index (Phi) is 5.36. The highest BCUT2D eigenvalue weighted by Gasteiger charge is 2.27. The third-order valence-electron chi connectivity index (χ3n) is 5.62. The summed E-state index contributed by atoms with van der Waals surface area (Å²) in [6.45, 7) is 3.24. The lowest BCUT2D eigenvalue weighted by molar-refractivity contribution is -0.129. The van der Waals surface area contributed by atoms with Gasteiger partial charge in [0, 0.05) is 28.7 Å². The van der Waals surface area contributed by atoms with Crippen LogP contribution >= 0.6 is 0 Å². The number of aromatic nitrogens is 1. The molecule has 0 atom stereocenters. The van der Waals surface area contributed by atoms with Crippen molar-refractivity contribution in [3.63, 3.8) is 0 Å². The topological polar surface area (TPSA) is 74.6 Å². The zero-order chi connectivity index (χ0) is 20.4. The number of hydrogen-bond acceptors (Lipinski definition) is 3. The highest BCUT2D eigenvalue weighted by molar-refractivity contribution is 5.95. The Hall–Kier alpha value is -3.12. The largest absolute Gasteiger partial charge is 0.333 e. The van der Waals surface area contributed by atoms with Crippen molar-refractivity contribution in [1.29, 1.82) is 0 Å². The van der Waals surface area contributed by atoms with Gasteiger partial charge in [-0.2, -0.15) is 0 Å². The molecular weight excluding hydrogens is 366 g/mol. The van der Waals surface area contributed by atoms with Gasteiger partial charge in [-0.05, 0) is 42.2 Å². The highest BCUT2D eigenvalue weighted by atomic mass is 16.5. The molecule has 2 aromatic carbocycles. The third-order valence-corrected chi connectivity index (χ3v) is 5.62. The van der Waals surface area contributed by atoms with Crippen molar-refractivity contribution in [1.82, 2.24) is 14.9 Å². The van der Waals surface area contributed by atoms with E-state index in [2.05, 4.69) is 6.92 Å². The van der Waals surface area contributed by atoms with E-state index in [4.69, 9.17) is 5.21 Å². The lowest BCUT2D eigenvalue weighted by atomic mass is 10.0. The van der Waals surface area contributed by atoms with E-state index >= 15 is 0 Å². The van der Waals surface area contributed by atoms with Crippen LogP contribution in [0.25, 0.3) is 10.9 Å². The first-order chi connectivity index (χ1) is 14.1. The maximum absolute atomic E-state index is 13.1. The Labute approximate surface area is 169 Å². The molecule has 6 heteroatoms. The predicted octanol–water partition coefficient (Wildman–Crippen LogP) is 3.30. The van der Waals surface area contributed by atoms with Gasteiger partial charge >= 0.3 is 0 Å². The molecule has 0 unspecified atom stereocenters. The van der Waals surface area contributed by atoms with Gasteiger partial charge in [0.25, 0.3) is 11.8 Å². The van der Waals surface area contributed by atoms with Crippen molar-refractivity contribution in [2.24, 2.45) is 0 Å². The summed E-state index contributed by atoms with van der Waals surface area (Å²) in [5.74, 6) is -0.481. The molecular formula is C23H25N3O3. The van der Waals surface area contributed by atoms with Gasteiger partial charge in [-0.25, -0.2) is 5.48 Å². The molecule has 0 fully saturated rings. The second-order valence-corrected chi connectivity index (χ2v) is 7.49. The predicted molar refractivity (Wildman–Crippen MR) is 111 cm³/mol. The van der Waals surface area contributed by atoms with E-state index in [9.17, 15) is 9.59 Å². The molecule has 0 bridgehead atoms. The number of hydrogen-bond donors (Lipinski definition) is 2. The SMILES string of the molecule is CCCc1ccc(C(=O)N2CCc3c(n(CC(=O)NO)c4ccccc34)C2)cc1. The maximum Gasteiger partial charge on any atom is 0.263 e. The molecule has 0 spiro atoms. The molecule has 1 aliphatic heterocycles. The summed E-state index contributed by atoms with van der Waals surface area (Å²) >= 11 is 0. The minimum atomic E-state index is -0.483. The number of benzene rings is 2.